The molecule has 168 valence electrons. The van der Waals surface area contributed by atoms with Crippen molar-refractivity contribution in [3.05, 3.63) is 24.3 Å². The lowest BCUT2D eigenvalue weighted by molar-refractivity contribution is -0.143. The number of rotatable bonds is 7. The van der Waals surface area contributed by atoms with Crippen LogP contribution in [-0.4, -0.2) is 56.3 Å². The third-order valence-electron chi connectivity index (χ3n) is 6.71. The Labute approximate surface area is 182 Å². The molecule has 0 spiro atoms. The normalized spacial score (nSPS) is 23.3. The first kappa shape index (κ1) is 22.9. The van der Waals surface area contributed by atoms with Gasteiger partial charge in [-0.25, -0.2) is 0 Å². The van der Waals surface area contributed by atoms with Crippen molar-refractivity contribution in [1.82, 2.24) is 4.90 Å². The number of hydrogen-bond donors (Lipinski definition) is 0. The van der Waals surface area contributed by atoms with Gasteiger partial charge in [0.1, 0.15) is 5.75 Å². The molecule has 2 aliphatic rings. The number of piperazine rings is 1. The molecule has 5 heteroatoms. The van der Waals surface area contributed by atoms with Crippen LogP contribution in [0, 0.1) is 11.3 Å². The van der Waals surface area contributed by atoms with Crippen LogP contribution in [0.3, 0.4) is 0 Å². The average molecular weight is 417 g/mol. The number of carbonyl (C=O) groups is 1. The van der Waals surface area contributed by atoms with Gasteiger partial charge in [0.15, 0.2) is 0 Å². The van der Waals surface area contributed by atoms with Gasteiger partial charge in [0, 0.05) is 38.4 Å². The van der Waals surface area contributed by atoms with E-state index in [1.165, 1.54) is 18.5 Å². The highest BCUT2D eigenvalue weighted by molar-refractivity contribution is 5.69. The second-order valence-corrected chi connectivity index (χ2v) is 9.84. The van der Waals surface area contributed by atoms with Gasteiger partial charge in [-0.1, -0.05) is 20.8 Å². The van der Waals surface area contributed by atoms with Crippen molar-refractivity contribution < 1.29 is 14.3 Å². The van der Waals surface area contributed by atoms with E-state index in [1.807, 2.05) is 6.92 Å². The molecule has 0 atom stereocenters. The molecule has 1 aromatic rings. The number of nitrogens with zero attached hydrogens (tertiary/aromatic N) is 2. The average Bonchev–Trinajstić information content (AvgIpc) is 2.73. The van der Waals surface area contributed by atoms with Crippen LogP contribution < -0.4 is 9.64 Å². The van der Waals surface area contributed by atoms with Crippen molar-refractivity contribution in [2.75, 3.05) is 44.2 Å². The van der Waals surface area contributed by atoms with E-state index >= 15 is 0 Å². The fourth-order valence-electron chi connectivity index (χ4n) is 4.69. The number of esters is 1. The molecule has 1 aromatic carbocycles. The molecule has 0 unspecified atom stereocenters. The minimum Gasteiger partial charge on any atom is -0.490 e. The van der Waals surface area contributed by atoms with E-state index in [4.69, 9.17) is 9.47 Å². The maximum atomic E-state index is 11.5. The van der Waals surface area contributed by atoms with Crippen molar-refractivity contribution in [2.24, 2.45) is 11.3 Å². The van der Waals surface area contributed by atoms with E-state index in [-0.39, 0.29) is 5.97 Å². The molecule has 5 nitrogen and oxygen atoms in total. The van der Waals surface area contributed by atoms with Crippen LogP contribution in [0.25, 0.3) is 0 Å². The highest BCUT2D eigenvalue weighted by atomic mass is 16.5. The molecular formula is C25H40N2O3. The van der Waals surface area contributed by atoms with Crippen LogP contribution in [0.5, 0.6) is 5.75 Å². The van der Waals surface area contributed by atoms with Crippen LogP contribution in [0.1, 0.15) is 59.8 Å². The third-order valence-corrected chi connectivity index (χ3v) is 6.71. The standard InChI is InChI=1S/C25H40N2O3/c1-5-29-24(28)14-15-26-16-18-27(19-17-26)21-8-12-23(13-9-21)30-22-10-6-20(7-11-22)25(2,3)4/h8-9,12-13,20,22H,5-7,10-11,14-19H2,1-4H3/t20-,22-. The van der Waals surface area contributed by atoms with E-state index < -0.39 is 0 Å². The summed E-state index contributed by atoms with van der Waals surface area (Å²) in [5, 5.41) is 0. The molecule has 1 aliphatic carbocycles. The number of anilines is 1. The van der Waals surface area contributed by atoms with Crippen molar-refractivity contribution in [1.29, 1.82) is 0 Å². The molecule has 0 amide bonds. The van der Waals surface area contributed by atoms with Gasteiger partial charge in [0.25, 0.3) is 0 Å². The van der Waals surface area contributed by atoms with E-state index in [0.717, 1.165) is 57.2 Å². The summed E-state index contributed by atoms with van der Waals surface area (Å²) < 4.78 is 11.3. The van der Waals surface area contributed by atoms with Gasteiger partial charge >= 0.3 is 5.97 Å². The Morgan fingerprint density at radius 1 is 1.00 bits per heavy atom. The van der Waals surface area contributed by atoms with Gasteiger partial charge in [-0.15, -0.1) is 0 Å². The lowest BCUT2D eigenvalue weighted by Crippen LogP contribution is -2.47. The zero-order valence-electron chi connectivity index (χ0n) is 19.4. The van der Waals surface area contributed by atoms with Crippen LogP contribution in [0.15, 0.2) is 24.3 Å². The Balaban J connectivity index is 1.40. The second kappa shape index (κ2) is 10.5. The molecule has 0 bridgehead atoms. The Morgan fingerprint density at radius 2 is 1.63 bits per heavy atom. The summed E-state index contributed by atoms with van der Waals surface area (Å²) in [6, 6.07) is 8.62. The minimum atomic E-state index is -0.0950. The summed E-state index contributed by atoms with van der Waals surface area (Å²) in [5.74, 6) is 1.71. The highest BCUT2D eigenvalue weighted by Gasteiger charge is 2.30. The Hall–Kier alpha value is -1.75. The van der Waals surface area contributed by atoms with E-state index in [0.29, 0.717) is 24.5 Å². The summed E-state index contributed by atoms with van der Waals surface area (Å²) >= 11 is 0. The van der Waals surface area contributed by atoms with Gasteiger partial charge in [0.2, 0.25) is 0 Å². The van der Waals surface area contributed by atoms with Crippen molar-refractivity contribution >= 4 is 11.7 Å². The number of ether oxygens (including phenoxy) is 2. The quantitative estimate of drug-likeness (QED) is 0.600. The van der Waals surface area contributed by atoms with Crippen molar-refractivity contribution in [3.8, 4) is 5.75 Å². The minimum absolute atomic E-state index is 0.0950. The van der Waals surface area contributed by atoms with Gasteiger partial charge in [-0.05, 0) is 68.2 Å². The molecule has 1 saturated carbocycles. The Morgan fingerprint density at radius 3 is 2.20 bits per heavy atom. The Bertz CT molecular complexity index is 652. The summed E-state index contributed by atoms with van der Waals surface area (Å²) in [7, 11) is 0. The largest absolute Gasteiger partial charge is 0.490 e. The number of benzene rings is 1. The van der Waals surface area contributed by atoms with Gasteiger partial charge in [-0.3, -0.25) is 9.69 Å². The molecular weight excluding hydrogens is 376 g/mol. The predicted molar refractivity (Wildman–Crippen MR) is 122 cm³/mol. The first-order chi connectivity index (χ1) is 14.3. The molecule has 1 heterocycles. The summed E-state index contributed by atoms with van der Waals surface area (Å²) in [5.41, 5.74) is 1.67. The van der Waals surface area contributed by atoms with Gasteiger partial charge in [-0.2, -0.15) is 0 Å². The van der Waals surface area contributed by atoms with Crippen LogP contribution in [0.4, 0.5) is 5.69 Å². The van der Waals surface area contributed by atoms with Gasteiger partial charge < -0.3 is 14.4 Å². The molecule has 30 heavy (non-hydrogen) atoms. The second-order valence-electron chi connectivity index (χ2n) is 9.84. The van der Waals surface area contributed by atoms with Crippen molar-refractivity contribution in [2.45, 2.75) is 65.9 Å². The monoisotopic (exact) mass is 416 g/mol. The molecule has 1 aliphatic heterocycles. The zero-order chi connectivity index (χ0) is 21.6. The molecule has 3 rings (SSSR count). The topological polar surface area (TPSA) is 42.0 Å². The fraction of sp³-hybridized carbons (Fsp3) is 0.720. The summed E-state index contributed by atoms with van der Waals surface area (Å²) in [4.78, 5) is 16.3. The predicted octanol–water partition coefficient (Wildman–Crippen LogP) is 4.75. The summed E-state index contributed by atoms with van der Waals surface area (Å²) in [6.07, 6.45) is 5.71. The summed E-state index contributed by atoms with van der Waals surface area (Å²) in [6.45, 7) is 14.1. The molecule has 2 fully saturated rings. The first-order valence-electron chi connectivity index (χ1n) is 11.7. The third kappa shape index (κ3) is 6.63. The lowest BCUT2D eigenvalue weighted by Gasteiger charge is -2.37. The number of hydrogen-bond acceptors (Lipinski definition) is 5. The maximum absolute atomic E-state index is 11.5. The maximum Gasteiger partial charge on any atom is 0.307 e. The highest BCUT2D eigenvalue weighted by Crippen LogP contribution is 2.38. The molecule has 0 radical (unpaired) electrons. The fourth-order valence-corrected chi connectivity index (χ4v) is 4.69. The van der Waals surface area contributed by atoms with E-state index in [1.54, 1.807) is 0 Å². The van der Waals surface area contributed by atoms with Crippen LogP contribution >= 0.6 is 0 Å². The van der Waals surface area contributed by atoms with E-state index in [9.17, 15) is 4.79 Å². The molecule has 1 saturated heterocycles. The van der Waals surface area contributed by atoms with E-state index in [2.05, 4.69) is 54.8 Å². The van der Waals surface area contributed by atoms with Crippen LogP contribution in [0.2, 0.25) is 0 Å². The molecule has 0 aromatic heterocycles. The zero-order valence-corrected chi connectivity index (χ0v) is 19.4. The first-order valence-corrected chi connectivity index (χ1v) is 11.7. The SMILES string of the molecule is CCOC(=O)CCN1CCN(c2ccc(O[C@H]3CC[C@H](C(C)(C)C)CC3)cc2)CC1. The van der Waals surface area contributed by atoms with Crippen molar-refractivity contribution in [3.63, 3.8) is 0 Å². The Kier molecular flexibility index (Phi) is 8.04. The smallest absolute Gasteiger partial charge is 0.307 e. The lowest BCUT2D eigenvalue weighted by atomic mass is 9.72. The van der Waals surface area contributed by atoms with Gasteiger partial charge in [0.05, 0.1) is 19.1 Å². The molecule has 0 N–H and O–H groups in total. The number of carbonyl (C=O) groups excluding carboxylic acids is 1. The van der Waals surface area contributed by atoms with Crippen LogP contribution in [-0.2, 0) is 9.53 Å².